The molecule has 0 radical (unpaired) electrons. The first-order valence-corrected chi connectivity index (χ1v) is 21.2. The number of imide groups is 2. The summed E-state index contributed by atoms with van der Waals surface area (Å²) in [5, 5.41) is 22.5. The first-order valence-electron chi connectivity index (χ1n) is 20.4. The fourth-order valence-corrected chi connectivity index (χ4v) is 9.80. The summed E-state index contributed by atoms with van der Waals surface area (Å²) < 4.78 is 21.1. The van der Waals surface area contributed by atoms with Crippen molar-refractivity contribution in [2.24, 2.45) is 0 Å². The van der Waals surface area contributed by atoms with Gasteiger partial charge in [-0.05, 0) is 97.6 Å². The van der Waals surface area contributed by atoms with Gasteiger partial charge in [-0.25, -0.2) is 4.39 Å². The molecule has 3 saturated heterocycles. The number of fused-ring (bicyclic) bond motifs is 2. The SMILES string of the molecule is O=C1CCC(N2C(=O)c3ccc(N4CCN(CCCN5CCN(c6ccc(Oc7c(-c8ccc(F)cc8)sc8cc(B(O)O)ccc78)cc6)CC5)CC4)cc3C2=O)C(=O)N1. The van der Waals surface area contributed by atoms with Gasteiger partial charge in [0.15, 0.2) is 5.75 Å². The van der Waals surface area contributed by atoms with Crippen LogP contribution in [0, 0.1) is 5.82 Å². The summed E-state index contributed by atoms with van der Waals surface area (Å²) in [6, 6.07) is 23.9. The Hall–Kier alpha value is -5.65. The van der Waals surface area contributed by atoms with Gasteiger partial charge in [-0.2, -0.15) is 0 Å². The van der Waals surface area contributed by atoms with Crippen LogP contribution in [-0.2, 0) is 9.59 Å². The van der Waals surface area contributed by atoms with Crippen LogP contribution >= 0.6 is 11.3 Å². The van der Waals surface area contributed by atoms with E-state index in [1.807, 2.05) is 24.3 Å². The Kier molecular flexibility index (Phi) is 11.1. The molecular weight excluding hydrogens is 786 g/mol. The van der Waals surface area contributed by atoms with E-state index in [1.165, 1.54) is 23.5 Å². The van der Waals surface area contributed by atoms with Crippen LogP contribution in [0.3, 0.4) is 0 Å². The van der Waals surface area contributed by atoms with Gasteiger partial charge >= 0.3 is 7.12 Å². The maximum atomic E-state index is 13.8. The molecule has 0 bridgehead atoms. The molecule has 13 nitrogen and oxygen atoms in total. The Labute approximate surface area is 350 Å². The molecule has 1 aromatic heterocycles. The van der Waals surface area contributed by atoms with Crippen molar-refractivity contribution in [1.82, 2.24) is 20.0 Å². The van der Waals surface area contributed by atoms with Crippen LogP contribution in [0.1, 0.15) is 40.0 Å². The number of thiophene rings is 1. The Morgan fingerprint density at radius 3 is 2.02 bits per heavy atom. The number of anilines is 2. The van der Waals surface area contributed by atoms with Gasteiger partial charge in [0.25, 0.3) is 11.8 Å². The second kappa shape index (κ2) is 16.8. The molecule has 16 heteroatoms. The number of ether oxygens (including phenoxy) is 1. The van der Waals surface area contributed by atoms with Crippen molar-refractivity contribution in [3.05, 3.63) is 102 Å². The zero-order chi connectivity index (χ0) is 41.5. The summed E-state index contributed by atoms with van der Waals surface area (Å²) in [6.07, 6.45) is 1.29. The van der Waals surface area contributed by atoms with Crippen molar-refractivity contribution in [2.75, 3.05) is 75.2 Å². The number of piperazine rings is 2. The molecule has 3 N–H and O–H groups in total. The highest BCUT2D eigenvalue weighted by atomic mass is 32.1. The number of rotatable bonds is 11. The Bertz CT molecular complexity index is 2450. The molecule has 0 aliphatic carbocycles. The summed E-state index contributed by atoms with van der Waals surface area (Å²) in [7, 11) is -1.58. The highest BCUT2D eigenvalue weighted by Gasteiger charge is 2.45. The topological polar surface area (TPSA) is 146 Å². The van der Waals surface area contributed by atoms with Gasteiger partial charge in [0, 0.05) is 80.2 Å². The van der Waals surface area contributed by atoms with E-state index in [-0.39, 0.29) is 18.7 Å². The van der Waals surface area contributed by atoms with Crippen molar-refractivity contribution in [3.8, 4) is 21.9 Å². The largest absolute Gasteiger partial charge is 0.488 e. The average Bonchev–Trinajstić information content (AvgIpc) is 3.74. The van der Waals surface area contributed by atoms with Crippen molar-refractivity contribution in [1.29, 1.82) is 0 Å². The van der Waals surface area contributed by atoms with Crippen molar-refractivity contribution in [3.63, 3.8) is 0 Å². The monoisotopic (exact) mass is 830 g/mol. The van der Waals surface area contributed by atoms with Gasteiger partial charge in [-0.1, -0.05) is 24.3 Å². The summed E-state index contributed by atoms with van der Waals surface area (Å²) >= 11 is 1.46. The van der Waals surface area contributed by atoms with Gasteiger partial charge in [0.1, 0.15) is 17.6 Å². The van der Waals surface area contributed by atoms with E-state index >= 15 is 0 Å². The molecular formula is C44H44BFN6O7S. The molecule has 308 valence electrons. The van der Waals surface area contributed by atoms with Crippen LogP contribution in [0.25, 0.3) is 20.5 Å². The lowest BCUT2D eigenvalue weighted by molar-refractivity contribution is -0.136. The van der Waals surface area contributed by atoms with E-state index in [2.05, 4.69) is 37.0 Å². The molecule has 1 atom stereocenters. The van der Waals surface area contributed by atoms with E-state index in [0.717, 1.165) is 109 Å². The minimum Gasteiger partial charge on any atom is -0.455 e. The van der Waals surface area contributed by atoms with Crippen molar-refractivity contribution < 1.29 is 38.4 Å². The molecule has 4 aliphatic heterocycles. The molecule has 4 aromatic carbocycles. The third-order valence-corrected chi connectivity index (χ3v) is 13.2. The number of hydrogen-bond acceptors (Lipinski definition) is 12. The molecule has 4 amide bonds. The van der Waals surface area contributed by atoms with E-state index in [9.17, 15) is 33.6 Å². The first-order chi connectivity index (χ1) is 29.1. The molecule has 5 aromatic rings. The number of nitrogens with one attached hydrogen (secondary N) is 1. The fourth-order valence-electron chi connectivity index (χ4n) is 8.62. The Balaban J connectivity index is 0.739. The maximum Gasteiger partial charge on any atom is 0.488 e. The number of halogens is 1. The van der Waals surface area contributed by atoms with Gasteiger partial charge in [-0.15, -0.1) is 11.3 Å². The lowest BCUT2D eigenvalue weighted by Gasteiger charge is -2.38. The minimum atomic E-state index is -1.58. The second-order valence-corrected chi connectivity index (χ2v) is 16.7. The Morgan fingerprint density at radius 1 is 0.733 bits per heavy atom. The summed E-state index contributed by atoms with van der Waals surface area (Å²) in [4.78, 5) is 61.9. The molecule has 1 unspecified atom stereocenters. The average molecular weight is 831 g/mol. The summed E-state index contributed by atoms with van der Waals surface area (Å²) in [5.74, 6) is -0.993. The quantitative estimate of drug-likeness (QED) is 0.132. The van der Waals surface area contributed by atoms with Crippen LogP contribution < -0.4 is 25.3 Å². The molecule has 5 heterocycles. The van der Waals surface area contributed by atoms with E-state index < -0.39 is 36.8 Å². The third kappa shape index (κ3) is 8.00. The molecule has 9 rings (SSSR count). The number of nitrogens with zero attached hydrogens (tertiary/aromatic N) is 5. The molecule has 0 spiro atoms. The number of carbonyl (C=O) groups is 4. The third-order valence-electron chi connectivity index (χ3n) is 12.0. The number of benzene rings is 4. The Morgan fingerprint density at radius 2 is 1.37 bits per heavy atom. The number of carbonyl (C=O) groups excluding carboxylic acids is 4. The van der Waals surface area contributed by atoms with Crippen LogP contribution in [0.5, 0.6) is 11.5 Å². The van der Waals surface area contributed by atoms with Crippen LogP contribution in [0.2, 0.25) is 0 Å². The highest BCUT2D eigenvalue weighted by molar-refractivity contribution is 7.22. The molecule has 3 fully saturated rings. The fraction of sp³-hybridized carbons (Fsp3) is 0.318. The standard InChI is InChI=1S/C44H44BFN6O7S/c46-30-5-2-28(3-6-30)41-40(35-12-4-29(45(57)58)26-38(35)60-41)59-33-10-7-31(8-11-33)50-22-18-48(19-23-50)16-1-17-49-20-24-51(25-21-49)32-9-13-34-36(27-32)44(56)52(43(34)55)37-14-15-39(53)47-42(37)54/h2-13,26-27,37,57-58H,1,14-25H2,(H,47,53,54). The van der Waals surface area contributed by atoms with Crippen LogP contribution in [-0.4, -0.2) is 127 Å². The van der Waals surface area contributed by atoms with Gasteiger partial charge in [0.2, 0.25) is 11.8 Å². The summed E-state index contributed by atoms with van der Waals surface area (Å²) in [5.41, 5.74) is 3.80. The highest BCUT2D eigenvalue weighted by Crippen LogP contribution is 2.46. The lowest BCUT2D eigenvalue weighted by Crippen LogP contribution is -2.54. The van der Waals surface area contributed by atoms with Gasteiger partial charge in [0.05, 0.1) is 16.0 Å². The predicted molar refractivity (Wildman–Crippen MR) is 229 cm³/mol. The second-order valence-electron chi connectivity index (χ2n) is 15.7. The molecule has 60 heavy (non-hydrogen) atoms. The van der Waals surface area contributed by atoms with Crippen LogP contribution in [0.15, 0.2) is 84.9 Å². The van der Waals surface area contributed by atoms with Crippen molar-refractivity contribution in [2.45, 2.75) is 25.3 Å². The van der Waals surface area contributed by atoms with E-state index in [4.69, 9.17) is 4.74 Å². The zero-order valence-electron chi connectivity index (χ0n) is 32.9. The predicted octanol–water partition coefficient (Wildman–Crippen LogP) is 3.92. The van der Waals surface area contributed by atoms with Gasteiger partial charge < -0.3 is 24.6 Å². The lowest BCUT2D eigenvalue weighted by atomic mass is 9.80. The maximum absolute atomic E-state index is 13.8. The number of hydrogen-bond donors (Lipinski definition) is 3. The zero-order valence-corrected chi connectivity index (χ0v) is 33.7. The normalized spacial score (nSPS) is 19.0. The summed E-state index contributed by atoms with van der Waals surface area (Å²) in [6.45, 7) is 9.19. The number of amides is 4. The number of piperidine rings is 1. The first kappa shape index (κ1) is 39.8. The van der Waals surface area contributed by atoms with Crippen molar-refractivity contribution >= 4 is 69.0 Å². The van der Waals surface area contributed by atoms with E-state index in [1.54, 1.807) is 36.4 Å². The van der Waals surface area contributed by atoms with Crippen LogP contribution in [0.4, 0.5) is 15.8 Å². The van der Waals surface area contributed by atoms with E-state index in [0.29, 0.717) is 28.1 Å². The minimum absolute atomic E-state index is 0.0900. The smallest absolute Gasteiger partial charge is 0.455 e. The molecule has 0 saturated carbocycles. The van der Waals surface area contributed by atoms with Gasteiger partial charge in [-0.3, -0.25) is 39.2 Å². The molecule has 4 aliphatic rings.